The Hall–Kier alpha value is -0.360. The van der Waals surface area contributed by atoms with Crippen molar-refractivity contribution < 1.29 is 0 Å². The number of halogens is 3. The molecule has 94 valence electrons. The van der Waals surface area contributed by atoms with Gasteiger partial charge in [-0.05, 0) is 6.92 Å². The van der Waals surface area contributed by atoms with Crippen LogP contribution in [0.3, 0.4) is 0 Å². The van der Waals surface area contributed by atoms with Crippen LogP contribution in [0.15, 0.2) is 0 Å². The number of hydrogen-bond donors (Lipinski definition) is 1. The Balaban J connectivity index is 2.31. The van der Waals surface area contributed by atoms with Crippen LogP contribution in [0.4, 0.5) is 5.95 Å². The minimum absolute atomic E-state index is 0.170. The van der Waals surface area contributed by atoms with E-state index >= 15 is 0 Å². The smallest absolute Gasteiger partial charge is 0.250 e. The molecule has 0 unspecified atom stereocenters. The summed E-state index contributed by atoms with van der Waals surface area (Å²) in [6.45, 7) is 5.22. The van der Waals surface area contributed by atoms with Crippen molar-refractivity contribution in [1.29, 1.82) is 0 Å². The highest BCUT2D eigenvalue weighted by Gasteiger charge is 2.28. The van der Waals surface area contributed by atoms with Gasteiger partial charge in [0.25, 0.3) is 0 Å². The Morgan fingerprint density at radius 3 is 2.35 bits per heavy atom. The van der Waals surface area contributed by atoms with Crippen LogP contribution in [0.5, 0.6) is 0 Å². The number of hydrogen-bond acceptors (Lipinski definition) is 5. The van der Waals surface area contributed by atoms with E-state index in [1.165, 1.54) is 0 Å². The lowest BCUT2D eigenvalue weighted by Gasteiger charge is -2.27. The number of rotatable bonds is 1. The van der Waals surface area contributed by atoms with Crippen molar-refractivity contribution in [3.05, 3.63) is 11.6 Å². The molecule has 0 saturated carbocycles. The average molecular weight is 297 g/mol. The van der Waals surface area contributed by atoms with Gasteiger partial charge < -0.3 is 10.2 Å². The van der Waals surface area contributed by atoms with Crippen LogP contribution in [0.1, 0.15) is 11.6 Å². The second-order valence-electron chi connectivity index (χ2n) is 3.74. The summed E-state index contributed by atoms with van der Waals surface area (Å²) >= 11 is 17.4. The molecule has 0 amide bonds. The molecule has 1 N–H and O–H groups in total. The summed E-state index contributed by atoms with van der Waals surface area (Å²) in [6, 6.07) is 0. The van der Waals surface area contributed by atoms with E-state index in [1.807, 2.05) is 4.90 Å². The van der Waals surface area contributed by atoms with Gasteiger partial charge in [0.2, 0.25) is 9.74 Å². The van der Waals surface area contributed by atoms with Gasteiger partial charge in [0.05, 0.1) is 0 Å². The lowest BCUT2D eigenvalue weighted by molar-refractivity contribution is 0.576. The molecular weight excluding hydrogens is 284 g/mol. The van der Waals surface area contributed by atoms with Crippen LogP contribution in [0, 0.1) is 6.92 Å². The first-order valence-electron chi connectivity index (χ1n) is 5.22. The van der Waals surface area contributed by atoms with Crippen molar-refractivity contribution in [2.24, 2.45) is 0 Å². The van der Waals surface area contributed by atoms with Crippen molar-refractivity contribution in [2.75, 3.05) is 31.1 Å². The number of piperazine rings is 1. The van der Waals surface area contributed by atoms with E-state index < -0.39 is 3.79 Å². The SMILES string of the molecule is Cc1nc(N2CCNCC2)nc(C(Cl)(Cl)Cl)n1. The summed E-state index contributed by atoms with van der Waals surface area (Å²) in [5, 5.41) is 3.25. The fourth-order valence-electron chi connectivity index (χ4n) is 1.60. The molecule has 8 heteroatoms. The van der Waals surface area contributed by atoms with Crippen molar-refractivity contribution in [3.8, 4) is 0 Å². The molecular formula is C9H12Cl3N5. The van der Waals surface area contributed by atoms with Gasteiger partial charge >= 0.3 is 0 Å². The van der Waals surface area contributed by atoms with E-state index in [4.69, 9.17) is 34.8 Å². The lowest BCUT2D eigenvalue weighted by Crippen LogP contribution is -2.44. The molecule has 0 radical (unpaired) electrons. The first-order valence-corrected chi connectivity index (χ1v) is 6.36. The van der Waals surface area contributed by atoms with Crippen LogP contribution < -0.4 is 10.2 Å². The van der Waals surface area contributed by atoms with Crippen LogP contribution in [0.25, 0.3) is 0 Å². The molecule has 0 aliphatic carbocycles. The molecule has 1 aliphatic rings. The van der Waals surface area contributed by atoms with Gasteiger partial charge in [-0.15, -0.1) is 0 Å². The maximum atomic E-state index is 5.79. The van der Waals surface area contributed by atoms with Gasteiger partial charge in [0, 0.05) is 26.2 Å². The number of aryl methyl sites for hydroxylation is 1. The van der Waals surface area contributed by atoms with Crippen LogP contribution >= 0.6 is 34.8 Å². The van der Waals surface area contributed by atoms with Gasteiger partial charge in [0.1, 0.15) is 5.82 Å². The summed E-state index contributed by atoms with van der Waals surface area (Å²) in [7, 11) is 0. The van der Waals surface area contributed by atoms with E-state index in [0.29, 0.717) is 11.8 Å². The second kappa shape index (κ2) is 5.10. The third-order valence-electron chi connectivity index (χ3n) is 2.39. The zero-order valence-electron chi connectivity index (χ0n) is 9.25. The Labute approximate surface area is 114 Å². The highest BCUT2D eigenvalue weighted by Crippen LogP contribution is 2.36. The molecule has 1 saturated heterocycles. The lowest BCUT2D eigenvalue weighted by atomic mass is 10.4. The predicted octanol–water partition coefficient (Wildman–Crippen LogP) is 1.42. The fraction of sp³-hybridized carbons (Fsp3) is 0.667. The van der Waals surface area contributed by atoms with Crippen LogP contribution in [-0.2, 0) is 3.79 Å². The topological polar surface area (TPSA) is 53.9 Å². The Kier molecular flexibility index (Phi) is 3.92. The van der Waals surface area contributed by atoms with E-state index in [1.54, 1.807) is 6.92 Å². The molecule has 2 heterocycles. The summed E-state index contributed by atoms with van der Waals surface area (Å²) in [4.78, 5) is 14.6. The van der Waals surface area contributed by atoms with Gasteiger partial charge in [-0.1, -0.05) is 34.8 Å². The Morgan fingerprint density at radius 1 is 1.12 bits per heavy atom. The number of nitrogens with zero attached hydrogens (tertiary/aromatic N) is 4. The number of nitrogens with one attached hydrogen (secondary N) is 1. The van der Waals surface area contributed by atoms with E-state index in [0.717, 1.165) is 26.2 Å². The maximum absolute atomic E-state index is 5.79. The molecule has 1 aromatic heterocycles. The standard InChI is InChI=1S/C9H12Cl3N5/c1-6-14-7(9(10,11)12)16-8(15-6)17-4-2-13-3-5-17/h13H,2-5H2,1H3. The molecule has 0 spiro atoms. The quantitative estimate of drug-likeness (QED) is 0.794. The molecule has 0 aromatic carbocycles. The molecule has 0 atom stereocenters. The molecule has 5 nitrogen and oxygen atoms in total. The van der Waals surface area contributed by atoms with Crippen molar-refractivity contribution in [3.63, 3.8) is 0 Å². The minimum atomic E-state index is -1.61. The fourth-order valence-corrected chi connectivity index (χ4v) is 1.85. The molecule has 1 fully saturated rings. The molecule has 0 bridgehead atoms. The van der Waals surface area contributed by atoms with Crippen molar-refractivity contribution >= 4 is 40.8 Å². The Bertz CT molecular complexity index is 400. The summed E-state index contributed by atoms with van der Waals surface area (Å²) in [6.07, 6.45) is 0. The normalized spacial score (nSPS) is 17.3. The number of anilines is 1. The summed E-state index contributed by atoms with van der Waals surface area (Å²) in [5.41, 5.74) is 0. The number of alkyl halides is 3. The van der Waals surface area contributed by atoms with Crippen molar-refractivity contribution in [2.45, 2.75) is 10.7 Å². The zero-order valence-corrected chi connectivity index (χ0v) is 11.5. The zero-order chi connectivity index (χ0) is 12.5. The third kappa shape index (κ3) is 3.31. The van der Waals surface area contributed by atoms with E-state index in [2.05, 4.69) is 20.3 Å². The first-order chi connectivity index (χ1) is 7.97. The molecule has 2 rings (SSSR count). The summed E-state index contributed by atoms with van der Waals surface area (Å²) in [5.74, 6) is 1.29. The monoisotopic (exact) mass is 295 g/mol. The van der Waals surface area contributed by atoms with Gasteiger partial charge in [-0.25, -0.2) is 4.98 Å². The second-order valence-corrected chi connectivity index (χ2v) is 6.02. The average Bonchev–Trinajstić information content (AvgIpc) is 2.28. The van der Waals surface area contributed by atoms with Gasteiger partial charge in [0.15, 0.2) is 5.82 Å². The molecule has 1 aliphatic heterocycles. The van der Waals surface area contributed by atoms with Crippen LogP contribution in [0.2, 0.25) is 0 Å². The van der Waals surface area contributed by atoms with Gasteiger partial charge in [-0.2, -0.15) is 9.97 Å². The predicted molar refractivity (Wildman–Crippen MR) is 68.9 cm³/mol. The Morgan fingerprint density at radius 2 is 1.76 bits per heavy atom. The third-order valence-corrected chi connectivity index (χ3v) is 2.90. The van der Waals surface area contributed by atoms with Crippen molar-refractivity contribution in [1.82, 2.24) is 20.3 Å². The summed E-state index contributed by atoms with van der Waals surface area (Å²) < 4.78 is -1.61. The molecule has 1 aromatic rings. The van der Waals surface area contributed by atoms with E-state index in [9.17, 15) is 0 Å². The van der Waals surface area contributed by atoms with Gasteiger partial charge in [-0.3, -0.25) is 0 Å². The maximum Gasteiger partial charge on any atom is 0.250 e. The van der Waals surface area contributed by atoms with Crippen LogP contribution in [-0.4, -0.2) is 41.1 Å². The minimum Gasteiger partial charge on any atom is -0.338 e. The largest absolute Gasteiger partial charge is 0.338 e. The highest BCUT2D eigenvalue weighted by molar-refractivity contribution is 6.66. The first kappa shape index (κ1) is 13.1. The molecule has 17 heavy (non-hydrogen) atoms. The number of aromatic nitrogens is 3. The van der Waals surface area contributed by atoms with E-state index in [-0.39, 0.29) is 5.82 Å². The highest BCUT2D eigenvalue weighted by atomic mass is 35.6.